The van der Waals surface area contributed by atoms with Crippen molar-refractivity contribution < 1.29 is 18.7 Å². The van der Waals surface area contributed by atoms with E-state index in [1.807, 2.05) is 13.8 Å². The molecule has 1 aromatic heterocycles. The van der Waals surface area contributed by atoms with E-state index in [4.69, 9.17) is 0 Å². The summed E-state index contributed by atoms with van der Waals surface area (Å²) in [5.74, 6) is -1.42. The van der Waals surface area contributed by atoms with E-state index < -0.39 is 11.8 Å². The lowest BCUT2D eigenvalue weighted by Gasteiger charge is -2.07. The molecular formula is C16H18FN3O3. The highest BCUT2D eigenvalue weighted by Gasteiger charge is 2.13. The Bertz CT molecular complexity index is 725. The molecule has 0 spiro atoms. The number of carbonyl (C=O) groups is 2. The quantitative estimate of drug-likeness (QED) is 0.858. The van der Waals surface area contributed by atoms with Crippen LogP contribution in [0.3, 0.4) is 0 Å². The third kappa shape index (κ3) is 3.94. The maximum atomic E-state index is 13.8. The first-order valence-corrected chi connectivity index (χ1v) is 7.11. The summed E-state index contributed by atoms with van der Waals surface area (Å²) in [5, 5.41) is 6.69. The summed E-state index contributed by atoms with van der Waals surface area (Å²) >= 11 is 0. The maximum absolute atomic E-state index is 13.8. The number of hydrogen-bond donors (Lipinski definition) is 1. The Labute approximate surface area is 133 Å². The second-order valence-electron chi connectivity index (χ2n) is 5.28. The van der Waals surface area contributed by atoms with Crippen molar-refractivity contribution in [3.63, 3.8) is 0 Å². The zero-order valence-corrected chi connectivity index (χ0v) is 13.2. The molecule has 0 atom stereocenters. The number of benzene rings is 1. The van der Waals surface area contributed by atoms with Gasteiger partial charge < -0.3 is 10.1 Å². The van der Waals surface area contributed by atoms with Gasteiger partial charge in [0.15, 0.2) is 0 Å². The third-order valence-corrected chi connectivity index (χ3v) is 3.30. The highest BCUT2D eigenvalue weighted by molar-refractivity contribution is 5.93. The Morgan fingerprint density at radius 1 is 1.35 bits per heavy atom. The minimum absolute atomic E-state index is 0.0393. The summed E-state index contributed by atoms with van der Waals surface area (Å²) in [6.07, 6.45) is 3.08. The normalized spacial score (nSPS) is 10.7. The van der Waals surface area contributed by atoms with Crippen LogP contribution in [0.15, 0.2) is 30.6 Å². The van der Waals surface area contributed by atoms with Gasteiger partial charge in [-0.25, -0.2) is 9.18 Å². The molecule has 1 heterocycles. The van der Waals surface area contributed by atoms with Crippen molar-refractivity contribution in [2.45, 2.75) is 26.4 Å². The number of carbonyl (C=O) groups excluding carboxylic acids is 2. The lowest BCUT2D eigenvalue weighted by Crippen LogP contribution is -2.23. The highest BCUT2D eigenvalue weighted by Crippen LogP contribution is 2.12. The topological polar surface area (TPSA) is 73.2 Å². The van der Waals surface area contributed by atoms with Gasteiger partial charge in [-0.15, -0.1) is 0 Å². The molecule has 0 fully saturated rings. The summed E-state index contributed by atoms with van der Waals surface area (Å²) in [4.78, 5) is 23.5. The van der Waals surface area contributed by atoms with E-state index in [9.17, 15) is 14.0 Å². The fraction of sp³-hybridized carbons (Fsp3) is 0.312. The molecule has 0 unspecified atom stereocenters. The minimum atomic E-state index is -0.559. The van der Waals surface area contributed by atoms with E-state index in [0.717, 1.165) is 0 Å². The lowest BCUT2D eigenvalue weighted by atomic mass is 10.1. The Kier molecular flexibility index (Phi) is 5.10. The van der Waals surface area contributed by atoms with Gasteiger partial charge in [0.25, 0.3) is 5.91 Å². The number of amides is 1. The number of halogens is 1. The molecule has 1 amide bonds. The smallest absolute Gasteiger partial charge is 0.337 e. The van der Waals surface area contributed by atoms with Gasteiger partial charge in [0.05, 0.1) is 24.4 Å². The van der Waals surface area contributed by atoms with Crippen LogP contribution >= 0.6 is 0 Å². The van der Waals surface area contributed by atoms with Crippen LogP contribution in [-0.2, 0) is 11.3 Å². The average molecular weight is 319 g/mol. The number of ether oxygens (including phenoxy) is 1. The molecule has 2 aromatic rings. The van der Waals surface area contributed by atoms with Crippen molar-refractivity contribution in [2.24, 2.45) is 0 Å². The van der Waals surface area contributed by atoms with Crippen LogP contribution in [-0.4, -0.2) is 28.8 Å². The van der Waals surface area contributed by atoms with Crippen LogP contribution < -0.4 is 5.32 Å². The molecule has 23 heavy (non-hydrogen) atoms. The predicted octanol–water partition coefficient (Wildman–Crippen LogP) is 2.32. The van der Waals surface area contributed by atoms with Gasteiger partial charge in [0.1, 0.15) is 5.82 Å². The van der Waals surface area contributed by atoms with E-state index in [0.29, 0.717) is 5.56 Å². The summed E-state index contributed by atoms with van der Waals surface area (Å²) in [5.41, 5.74) is 0.825. The second kappa shape index (κ2) is 7.04. The van der Waals surface area contributed by atoms with Gasteiger partial charge in [-0.2, -0.15) is 5.10 Å². The van der Waals surface area contributed by atoms with Crippen LogP contribution in [0.4, 0.5) is 4.39 Å². The molecule has 1 N–H and O–H groups in total. The first-order chi connectivity index (χ1) is 10.9. The molecular weight excluding hydrogens is 301 g/mol. The molecule has 122 valence electrons. The third-order valence-electron chi connectivity index (χ3n) is 3.30. The number of aromatic nitrogens is 2. The fourth-order valence-electron chi connectivity index (χ4n) is 1.97. The van der Waals surface area contributed by atoms with Gasteiger partial charge in [-0.3, -0.25) is 9.48 Å². The first-order valence-electron chi connectivity index (χ1n) is 7.11. The van der Waals surface area contributed by atoms with Crippen LogP contribution in [0.1, 0.15) is 46.2 Å². The molecule has 0 aliphatic carbocycles. The van der Waals surface area contributed by atoms with Crippen LogP contribution in [0, 0.1) is 5.82 Å². The predicted molar refractivity (Wildman–Crippen MR) is 81.5 cm³/mol. The Morgan fingerprint density at radius 2 is 2.09 bits per heavy atom. The molecule has 0 bridgehead atoms. The Balaban J connectivity index is 2.07. The van der Waals surface area contributed by atoms with Crippen molar-refractivity contribution in [1.82, 2.24) is 15.1 Å². The zero-order chi connectivity index (χ0) is 17.0. The van der Waals surface area contributed by atoms with Gasteiger partial charge in [-0.1, -0.05) is 0 Å². The molecule has 6 nitrogen and oxygen atoms in total. The number of nitrogens with zero attached hydrogens (tertiary/aromatic N) is 2. The van der Waals surface area contributed by atoms with E-state index in [1.54, 1.807) is 10.9 Å². The first kappa shape index (κ1) is 16.7. The Morgan fingerprint density at radius 3 is 2.70 bits per heavy atom. The van der Waals surface area contributed by atoms with Crippen molar-refractivity contribution in [3.05, 3.63) is 53.1 Å². The maximum Gasteiger partial charge on any atom is 0.337 e. The monoisotopic (exact) mass is 319 g/mol. The molecule has 2 rings (SSSR count). The molecule has 0 saturated carbocycles. The number of esters is 1. The van der Waals surface area contributed by atoms with Crippen LogP contribution in [0.25, 0.3) is 0 Å². The number of methoxy groups -OCH3 is 1. The van der Waals surface area contributed by atoms with Gasteiger partial charge >= 0.3 is 5.97 Å². The molecule has 0 radical (unpaired) electrons. The van der Waals surface area contributed by atoms with Crippen LogP contribution in [0.5, 0.6) is 0 Å². The average Bonchev–Trinajstić information content (AvgIpc) is 3.03. The fourth-order valence-corrected chi connectivity index (χ4v) is 1.97. The van der Waals surface area contributed by atoms with Crippen molar-refractivity contribution in [3.8, 4) is 0 Å². The van der Waals surface area contributed by atoms with Crippen molar-refractivity contribution in [1.29, 1.82) is 0 Å². The summed E-state index contributed by atoms with van der Waals surface area (Å²) in [6.45, 7) is 3.85. The van der Waals surface area contributed by atoms with Crippen molar-refractivity contribution in [2.75, 3.05) is 7.11 Å². The molecule has 7 heteroatoms. The molecule has 0 aliphatic heterocycles. The largest absolute Gasteiger partial charge is 0.465 e. The number of nitrogens with one attached hydrogen (secondary N) is 1. The standard InChI is InChI=1S/C16H18FN3O3/c1-10(2)20-9-13(8-19-20)15(21)18-7-12-6-11(16(22)23-3)4-5-14(12)17/h4-6,8-10H,7H2,1-3H3,(H,18,21). The second-order valence-corrected chi connectivity index (χ2v) is 5.28. The van der Waals surface area contributed by atoms with Gasteiger partial charge in [0, 0.05) is 24.3 Å². The van der Waals surface area contributed by atoms with E-state index >= 15 is 0 Å². The van der Waals surface area contributed by atoms with Gasteiger partial charge in [0.2, 0.25) is 0 Å². The van der Waals surface area contributed by atoms with E-state index in [-0.39, 0.29) is 29.6 Å². The molecule has 0 saturated heterocycles. The Hall–Kier alpha value is -2.70. The molecule has 0 aliphatic rings. The minimum Gasteiger partial charge on any atom is -0.465 e. The zero-order valence-electron chi connectivity index (χ0n) is 13.2. The SMILES string of the molecule is COC(=O)c1ccc(F)c(CNC(=O)c2cnn(C(C)C)c2)c1. The van der Waals surface area contributed by atoms with E-state index in [2.05, 4.69) is 15.2 Å². The van der Waals surface area contributed by atoms with Crippen molar-refractivity contribution >= 4 is 11.9 Å². The highest BCUT2D eigenvalue weighted by atomic mass is 19.1. The summed E-state index contributed by atoms with van der Waals surface area (Å²) in [6, 6.07) is 4.01. The number of hydrogen-bond acceptors (Lipinski definition) is 4. The summed E-state index contributed by atoms with van der Waals surface area (Å²) < 4.78 is 20.0. The van der Waals surface area contributed by atoms with Gasteiger partial charge in [-0.05, 0) is 32.0 Å². The lowest BCUT2D eigenvalue weighted by molar-refractivity contribution is 0.0600. The summed E-state index contributed by atoms with van der Waals surface area (Å²) in [7, 11) is 1.25. The number of rotatable bonds is 5. The van der Waals surface area contributed by atoms with Crippen LogP contribution in [0.2, 0.25) is 0 Å². The van der Waals surface area contributed by atoms with E-state index in [1.165, 1.54) is 31.5 Å². The molecule has 1 aromatic carbocycles.